The number of hydrogen-bond acceptors (Lipinski definition) is 2. The molecule has 308 valence electrons. The summed E-state index contributed by atoms with van der Waals surface area (Å²) in [7, 11) is -11.8. The maximum Gasteiger partial charge on any atom is 0.171 e. The zero-order valence-electron chi connectivity index (χ0n) is 67.8. The molecule has 2 aliphatic carbocycles. The molecule has 2 nitrogen and oxygen atoms in total. The maximum absolute atomic E-state index is 16.6. The highest BCUT2D eigenvalue weighted by Gasteiger charge is 2.51. The summed E-state index contributed by atoms with van der Waals surface area (Å²) in [6.07, 6.45) is 0. The normalized spacial score (nSPS) is 22.2. The van der Waals surface area contributed by atoms with Gasteiger partial charge < -0.3 is 9.13 Å². The molecule has 2 aliphatic rings. The van der Waals surface area contributed by atoms with Gasteiger partial charge in [-0.05, 0) is 78.9 Å². The van der Waals surface area contributed by atoms with Gasteiger partial charge in [0.15, 0.2) is 14.3 Å². The van der Waals surface area contributed by atoms with Crippen LogP contribution in [0.2, 0.25) is 0 Å². The first-order chi connectivity index (χ1) is 46.5. The van der Waals surface area contributed by atoms with Gasteiger partial charge in [-0.25, -0.2) is 0 Å². The van der Waals surface area contributed by atoms with E-state index in [0.717, 1.165) is 0 Å². The van der Waals surface area contributed by atoms with Gasteiger partial charge in [-0.1, -0.05) is 242 Å². The Morgan fingerprint density at radius 2 is 0.723 bits per heavy atom. The van der Waals surface area contributed by atoms with Crippen molar-refractivity contribution >= 4 is 46.1 Å². The molecule has 0 saturated carbocycles. The fraction of sp³-hybridized carbons (Fsp3) is 0.0164. The Hall–Kier alpha value is -7.34. The minimum atomic E-state index is -5.97. The summed E-state index contributed by atoms with van der Waals surface area (Å²) in [5.41, 5.74) is -7.03. The van der Waals surface area contributed by atoms with Crippen LogP contribution in [0, 0.1) is 0 Å². The van der Waals surface area contributed by atoms with Crippen molar-refractivity contribution in [3.05, 3.63) is 276 Å². The Bertz CT molecular complexity index is 5330. The van der Waals surface area contributed by atoms with E-state index in [9.17, 15) is 17.8 Å². The average molecular weight is 904 g/mol. The molecule has 10 aromatic rings. The van der Waals surface area contributed by atoms with Crippen LogP contribution in [-0.2, 0) is 14.5 Å². The molecule has 0 aliphatic heterocycles. The molecule has 12 rings (SSSR count). The van der Waals surface area contributed by atoms with E-state index >= 15 is 9.13 Å². The molecule has 1 unspecified atom stereocenters. The highest BCUT2D eigenvalue weighted by atomic mass is 31.2. The number of hydrogen-bond donors (Lipinski definition) is 0. The molecule has 0 bridgehead atoms. The van der Waals surface area contributed by atoms with Crippen molar-refractivity contribution in [1.29, 1.82) is 0 Å². The molecular formula is C61H42O2P2. The topological polar surface area (TPSA) is 34.1 Å². The van der Waals surface area contributed by atoms with E-state index < -0.39 is 302 Å². The van der Waals surface area contributed by atoms with Crippen LogP contribution < -0.4 is 31.8 Å². The summed E-state index contributed by atoms with van der Waals surface area (Å²) < 4.78 is 351. The van der Waals surface area contributed by atoms with Gasteiger partial charge in [0.05, 0.1) is 53.4 Å². The zero-order valence-corrected chi connectivity index (χ0v) is 34.5. The van der Waals surface area contributed by atoms with Gasteiger partial charge in [-0.15, -0.1) is 0 Å². The zero-order chi connectivity index (χ0) is 74.0. The van der Waals surface area contributed by atoms with Crippen LogP contribution in [0.4, 0.5) is 0 Å². The lowest BCUT2D eigenvalue weighted by molar-refractivity contribution is 0.591. The lowest BCUT2D eigenvalue weighted by Gasteiger charge is -2.31. The quantitative estimate of drug-likeness (QED) is 0.142. The number of rotatable bonds is 8. The minimum Gasteiger partial charge on any atom is -0.309 e. The first kappa shape index (κ1) is 17.2. The van der Waals surface area contributed by atoms with Crippen LogP contribution >= 0.6 is 14.3 Å². The molecule has 4 heteroatoms. The molecule has 0 saturated heterocycles. The van der Waals surface area contributed by atoms with E-state index in [2.05, 4.69) is 0 Å². The van der Waals surface area contributed by atoms with Crippen LogP contribution in [-0.4, -0.2) is 0 Å². The van der Waals surface area contributed by atoms with Crippen LogP contribution in [0.25, 0.3) is 44.5 Å². The van der Waals surface area contributed by atoms with Gasteiger partial charge >= 0.3 is 0 Å². The fourth-order valence-electron chi connectivity index (χ4n) is 8.35. The van der Waals surface area contributed by atoms with Crippen LogP contribution in [0.5, 0.6) is 0 Å². The predicted molar refractivity (Wildman–Crippen MR) is 272 cm³/mol. The molecule has 1 atom stereocenters. The summed E-state index contributed by atoms with van der Waals surface area (Å²) in [5.74, 6) is 0. The Balaban J connectivity index is 1.19. The third-order valence-corrected chi connectivity index (χ3v) is 16.3. The first-order valence-corrected chi connectivity index (χ1v) is 22.7. The molecule has 0 fully saturated rings. The molecule has 10 aromatic carbocycles. The lowest BCUT2D eigenvalue weighted by Crippen LogP contribution is -2.26. The van der Waals surface area contributed by atoms with E-state index in [-0.39, 0.29) is 27.8 Å². The molecule has 0 heterocycles. The summed E-state index contributed by atoms with van der Waals surface area (Å²) in [6, 6.07) is -30.7. The van der Waals surface area contributed by atoms with Crippen molar-refractivity contribution in [2.24, 2.45) is 0 Å². The van der Waals surface area contributed by atoms with E-state index in [1.165, 1.54) is 30.3 Å². The van der Waals surface area contributed by atoms with Gasteiger partial charge in [-0.3, -0.25) is 0 Å². The fourth-order valence-corrected chi connectivity index (χ4v) is 12.3. The Kier molecular flexibility index (Phi) is 4.09. The van der Waals surface area contributed by atoms with E-state index in [4.69, 9.17) is 30.2 Å². The van der Waals surface area contributed by atoms with Crippen molar-refractivity contribution in [3.63, 3.8) is 0 Å². The van der Waals surface area contributed by atoms with E-state index in [1.54, 1.807) is 12.1 Å². The minimum absolute atomic E-state index is 0.0601. The summed E-state index contributed by atoms with van der Waals surface area (Å²) in [6.45, 7) is 0. The Morgan fingerprint density at radius 1 is 0.308 bits per heavy atom. The standard InChI is InChI=1S/C61H42O2P2/c62-64(47-17-5-1-6-18-47,48-19-7-2-8-20-48)51-35-29-43(30-36-51)45-33-39-55-53-25-13-15-27-57(53)61(59(55)41-45)58-28-16-14-26-54(58)56-40-34-46(42-60(56)61)44-31-37-52(38-32-44)65(63,49-21-9-3-10-22-49)50-23-11-4-12-24-50/h1-42H/i1D,2D,3D,4D,5D,6D,7D,8D,9D,10D,11D,12D,13D,15D,17D,18D,19D,20D,21D,22D,23D,24D,25D,27D,29D,30D,31D,32D,33D,35D,36D,37D,38D,39D,41D. The molecule has 1 spiro atoms. The molecule has 65 heavy (non-hydrogen) atoms. The molecule has 0 amide bonds. The van der Waals surface area contributed by atoms with Crippen molar-refractivity contribution in [2.45, 2.75) is 5.41 Å². The molecular weight excluding hydrogens is 827 g/mol. The number of fused-ring (bicyclic) bond motifs is 10. The first-order valence-electron chi connectivity index (χ1n) is 36.8. The van der Waals surface area contributed by atoms with Crippen LogP contribution in [0.1, 0.15) is 70.2 Å². The monoisotopic (exact) mass is 903 g/mol. The molecule has 0 N–H and O–H groups in total. The largest absolute Gasteiger partial charge is 0.309 e. The number of benzene rings is 10. The highest BCUT2D eigenvalue weighted by Crippen LogP contribution is 2.63. The van der Waals surface area contributed by atoms with Gasteiger partial charge in [0, 0.05) is 31.8 Å². The Labute approximate surface area is 429 Å². The van der Waals surface area contributed by atoms with Gasteiger partial charge in [0.25, 0.3) is 0 Å². The lowest BCUT2D eigenvalue weighted by atomic mass is 9.70. The highest BCUT2D eigenvalue weighted by molar-refractivity contribution is 7.85. The van der Waals surface area contributed by atoms with Crippen molar-refractivity contribution in [3.8, 4) is 44.5 Å². The van der Waals surface area contributed by atoms with E-state index in [0.29, 0.717) is 0 Å². The van der Waals surface area contributed by atoms with Crippen molar-refractivity contribution < 1.29 is 57.1 Å². The van der Waals surface area contributed by atoms with E-state index in [1.807, 2.05) is 0 Å². The molecule has 0 aromatic heterocycles. The summed E-state index contributed by atoms with van der Waals surface area (Å²) >= 11 is 0. The molecule has 0 radical (unpaired) electrons. The third kappa shape index (κ3) is 5.95. The van der Waals surface area contributed by atoms with Gasteiger partial charge in [0.2, 0.25) is 0 Å². The second-order valence-corrected chi connectivity index (χ2v) is 19.5. The van der Waals surface area contributed by atoms with Gasteiger partial charge in [0.1, 0.15) is 0 Å². The second-order valence-electron chi connectivity index (χ2n) is 14.4. The maximum atomic E-state index is 16.6. The van der Waals surface area contributed by atoms with Crippen molar-refractivity contribution in [2.75, 3.05) is 0 Å². The van der Waals surface area contributed by atoms with Gasteiger partial charge in [-0.2, -0.15) is 0 Å². The Morgan fingerprint density at radius 3 is 1.26 bits per heavy atom. The smallest absolute Gasteiger partial charge is 0.171 e. The second kappa shape index (κ2) is 15.4. The predicted octanol–water partition coefficient (Wildman–Crippen LogP) is 12.6. The summed E-state index contributed by atoms with van der Waals surface area (Å²) in [4.78, 5) is 0. The van der Waals surface area contributed by atoms with Crippen molar-refractivity contribution in [1.82, 2.24) is 0 Å². The summed E-state index contributed by atoms with van der Waals surface area (Å²) in [5, 5.41) is -7.74. The van der Waals surface area contributed by atoms with Crippen LogP contribution in [0.15, 0.2) is 254 Å². The van der Waals surface area contributed by atoms with Crippen LogP contribution in [0.3, 0.4) is 0 Å². The SMILES string of the molecule is [2H]c1c([2H])c([2H])c(P(=O)(c2c([2H])c([2H])c([2H])c([2H])c2[2H])c2c([2H])c([2H])c(-c3ccc4c(c3)C3(c5ccccc5-4)c4c([2H])c([2H])c([2H])c([2H])c4-c4c([2H])c([2H])c(-c5c([2H])c([2H])c(P(=O)(c6c([2H])c([2H])c([2H])c([2H])c6[2H])c6c([2H])c([2H])c([2H])c([2H])c6[2H])c([2H])c5[2H])c([2H])c43)c([2H])c2[2H])c([2H])c1[2H]. The average Bonchev–Trinajstić information content (AvgIpc) is 1.47. The third-order valence-electron chi connectivity index (χ3n) is 11.1.